The molecule has 2 aromatic carbocycles. The highest BCUT2D eigenvalue weighted by atomic mass is 16.4. The van der Waals surface area contributed by atoms with E-state index in [2.05, 4.69) is 13.8 Å². The molecule has 2 aromatic rings. The number of hydrogen-bond donors (Lipinski definition) is 1. The second kappa shape index (κ2) is 9.83. The first kappa shape index (κ1) is 19.0. The first-order valence-electron chi connectivity index (χ1n) is 9.27. The lowest BCUT2D eigenvalue weighted by atomic mass is 9.83. The predicted octanol–water partition coefficient (Wildman–Crippen LogP) is 6.18. The van der Waals surface area contributed by atoms with Gasteiger partial charge in [-0.2, -0.15) is 0 Å². The molecule has 132 valence electrons. The van der Waals surface area contributed by atoms with Gasteiger partial charge in [-0.25, -0.2) is 4.79 Å². The number of unbranched alkanes of at least 4 members (excludes halogenated alkanes) is 2. The molecule has 25 heavy (non-hydrogen) atoms. The fourth-order valence-electron chi connectivity index (χ4n) is 3.37. The number of rotatable bonds is 9. The molecule has 2 rings (SSSR count). The summed E-state index contributed by atoms with van der Waals surface area (Å²) >= 11 is 0. The van der Waals surface area contributed by atoms with E-state index in [-0.39, 0.29) is 5.92 Å². The van der Waals surface area contributed by atoms with Gasteiger partial charge in [0.05, 0.1) is 0 Å². The molecule has 1 N–H and O–H groups in total. The third kappa shape index (κ3) is 5.06. The van der Waals surface area contributed by atoms with Gasteiger partial charge in [-0.1, -0.05) is 93.8 Å². The minimum absolute atomic E-state index is 0.0689. The van der Waals surface area contributed by atoms with Gasteiger partial charge in [0.2, 0.25) is 0 Å². The average molecular weight is 336 g/mol. The molecular weight excluding hydrogens is 308 g/mol. The normalized spacial score (nSPS) is 11.8. The summed E-state index contributed by atoms with van der Waals surface area (Å²) in [6.45, 7) is 4.27. The molecule has 1 unspecified atom stereocenters. The number of carboxylic acids is 1. The number of benzene rings is 2. The number of carbonyl (C=O) groups is 1. The van der Waals surface area contributed by atoms with Crippen LogP contribution in [0.5, 0.6) is 0 Å². The van der Waals surface area contributed by atoms with Crippen molar-refractivity contribution in [3.8, 4) is 0 Å². The fourth-order valence-corrected chi connectivity index (χ4v) is 3.37. The molecule has 0 spiro atoms. The van der Waals surface area contributed by atoms with Crippen molar-refractivity contribution in [2.45, 2.75) is 46.0 Å². The molecule has 1 atom stereocenters. The summed E-state index contributed by atoms with van der Waals surface area (Å²) in [5.74, 6) is -0.731. The van der Waals surface area contributed by atoms with E-state index >= 15 is 0 Å². The predicted molar refractivity (Wildman–Crippen MR) is 104 cm³/mol. The number of hydrogen-bond acceptors (Lipinski definition) is 1. The van der Waals surface area contributed by atoms with E-state index < -0.39 is 5.97 Å². The van der Waals surface area contributed by atoms with Crippen molar-refractivity contribution in [1.29, 1.82) is 0 Å². The van der Waals surface area contributed by atoms with Crippen molar-refractivity contribution in [2.75, 3.05) is 0 Å². The molecule has 0 heterocycles. The molecule has 0 bridgehead atoms. The van der Waals surface area contributed by atoms with Crippen molar-refractivity contribution in [3.05, 3.63) is 77.4 Å². The summed E-state index contributed by atoms with van der Waals surface area (Å²) in [6.07, 6.45) is 5.13. The van der Waals surface area contributed by atoms with Crippen molar-refractivity contribution < 1.29 is 9.90 Å². The molecule has 2 heteroatoms. The van der Waals surface area contributed by atoms with Crippen LogP contribution in [0.2, 0.25) is 0 Å². The summed E-state index contributed by atoms with van der Waals surface area (Å²) in [5, 5.41) is 10.1. The highest BCUT2D eigenvalue weighted by Crippen LogP contribution is 2.34. The number of carboxylic acid groups (broad SMARTS) is 1. The van der Waals surface area contributed by atoms with Crippen LogP contribution < -0.4 is 0 Å². The smallest absolute Gasteiger partial charge is 0.332 e. The van der Waals surface area contributed by atoms with Crippen LogP contribution in [0.15, 0.2) is 66.2 Å². The maximum atomic E-state index is 12.3. The highest BCUT2D eigenvalue weighted by Gasteiger charge is 2.24. The van der Waals surface area contributed by atoms with Crippen LogP contribution in [0.1, 0.15) is 57.1 Å². The summed E-state index contributed by atoms with van der Waals surface area (Å²) in [4.78, 5) is 12.3. The molecule has 0 aliphatic heterocycles. The van der Waals surface area contributed by atoms with Gasteiger partial charge in [0.25, 0.3) is 0 Å². The van der Waals surface area contributed by atoms with E-state index in [1.807, 2.05) is 60.7 Å². The van der Waals surface area contributed by atoms with E-state index in [9.17, 15) is 9.90 Å². The van der Waals surface area contributed by atoms with Gasteiger partial charge in [-0.3, -0.25) is 0 Å². The minimum Gasteiger partial charge on any atom is -0.478 e. The minimum atomic E-state index is -0.800. The molecule has 0 radical (unpaired) electrons. The molecule has 0 aliphatic rings. The Balaban J connectivity index is 2.60. The zero-order valence-electron chi connectivity index (χ0n) is 15.2. The highest BCUT2D eigenvalue weighted by molar-refractivity contribution is 6.01. The van der Waals surface area contributed by atoms with Crippen LogP contribution in [-0.4, -0.2) is 11.1 Å². The second-order valence-corrected chi connectivity index (χ2v) is 6.43. The Morgan fingerprint density at radius 2 is 1.40 bits per heavy atom. The molecule has 0 aromatic heterocycles. The van der Waals surface area contributed by atoms with Gasteiger partial charge in [0.1, 0.15) is 0 Å². The summed E-state index contributed by atoms with van der Waals surface area (Å²) in [5.41, 5.74) is 3.35. The summed E-state index contributed by atoms with van der Waals surface area (Å²) in [7, 11) is 0. The van der Waals surface area contributed by atoms with Crippen molar-refractivity contribution >= 4 is 11.5 Å². The Bertz CT molecular complexity index is 645. The lowest BCUT2D eigenvalue weighted by molar-refractivity contribution is -0.133. The SMILES string of the molecule is CCCCCC(CC)C(C(=O)O)=C(c1ccccc1)c1ccccc1. The first-order valence-corrected chi connectivity index (χ1v) is 9.27. The lowest BCUT2D eigenvalue weighted by Crippen LogP contribution is -2.15. The van der Waals surface area contributed by atoms with Crippen LogP contribution in [0.4, 0.5) is 0 Å². The summed E-state index contributed by atoms with van der Waals surface area (Å²) in [6, 6.07) is 19.8. The van der Waals surface area contributed by atoms with Gasteiger partial charge in [-0.15, -0.1) is 0 Å². The topological polar surface area (TPSA) is 37.3 Å². The lowest BCUT2D eigenvalue weighted by Gasteiger charge is -2.21. The Hall–Kier alpha value is -2.35. The van der Waals surface area contributed by atoms with Crippen molar-refractivity contribution in [2.24, 2.45) is 5.92 Å². The van der Waals surface area contributed by atoms with E-state index in [4.69, 9.17) is 0 Å². The van der Waals surface area contributed by atoms with E-state index in [1.165, 1.54) is 0 Å². The Kier molecular flexibility index (Phi) is 7.46. The van der Waals surface area contributed by atoms with Gasteiger partial charge in [0.15, 0.2) is 0 Å². The van der Waals surface area contributed by atoms with E-state index in [0.717, 1.165) is 48.8 Å². The zero-order chi connectivity index (χ0) is 18.1. The van der Waals surface area contributed by atoms with Crippen LogP contribution in [-0.2, 0) is 4.79 Å². The third-order valence-electron chi connectivity index (χ3n) is 4.68. The van der Waals surface area contributed by atoms with Gasteiger partial charge in [0, 0.05) is 5.57 Å². The number of aliphatic carboxylic acids is 1. The summed E-state index contributed by atoms with van der Waals surface area (Å²) < 4.78 is 0. The second-order valence-electron chi connectivity index (χ2n) is 6.43. The standard InChI is InChI=1S/C23H28O2/c1-3-5-8-13-18(4-2)22(23(24)25)21(19-14-9-6-10-15-19)20-16-11-7-12-17-20/h6-7,9-12,14-18H,3-5,8,13H2,1-2H3,(H,24,25). The quantitative estimate of drug-likeness (QED) is 0.438. The fraction of sp³-hybridized carbons (Fsp3) is 0.348. The van der Waals surface area contributed by atoms with Gasteiger partial charge >= 0.3 is 5.97 Å². The van der Waals surface area contributed by atoms with Crippen LogP contribution in [0, 0.1) is 5.92 Å². The Morgan fingerprint density at radius 1 is 0.880 bits per heavy atom. The van der Waals surface area contributed by atoms with Crippen LogP contribution in [0.25, 0.3) is 5.57 Å². The third-order valence-corrected chi connectivity index (χ3v) is 4.68. The van der Waals surface area contributed by atoms with Crippen LogP contribution >= 0.6 is 0 Å². The van der Waals surface area contributed by atoms with Gasteiger partial charge < -0.3 is 5.11 Å². The molecule has 0 fully saturated rings. The molecule has 0 aliphatic carbocycles. The average Bonchev–Trinajstić information content (AvgIpc) is 2.65. The molecule has 2 nitrogen and oxygen atoms in total. The van der Waals surface area contributed by atoms with Crippen molar-refractivity contribution in [3.63, 3.8) is 0 Å². The monoisotopic (exact) mass is 336 g/mol. The maximum Gasteiger partial charge on any atom is 0.332 e. The Morgan fingerprint density at radius 3 is 1.80 bits per heavy atom. The van der Waals surface area contributed by atoms with Gasteiger partial charge in [-0.05, 0) is 35.5 Å². The molecule has 0 saturated heterocycles. The molecule has 0 amide bonds. The maximum absolute atomic E-state index is 12.3. The molecule has 0 saturated carbocycles. The van der Waals surface area contributed by atoms with E-state index in [1.54, 1.807) is 0 Å². The first-order chi connectivity index (χ1) is 12.2. The van der Waals surface area contributed by atoms with Crippen LogP contribution in [0.3, 0.4) is 0 Å². The van der Waals surface area contributed by atoms with Crippen molar-refractivity contribution in [1.82, 2.24) is 0 Å². The largest absolute Gasteiger partial charge is 0.478 e. The van der Waals surface area contributed by atoms with E-state index in [0.29, 0.717) is 5.57 Å². The zero-order valence-corrected chi connectivity index (χ0v) is 15.2. The Labute approximate surface area is 151 Å². The molecular formula is C23H28O2.